The van der Waals surface area contributed by atoms with Crippen LogP contribution in [0.25, 0.3) is 6.08 Å². The Morgan fingerprint density at radius 3 is 2.39 bits per heavy atom. The molecular weight excluding hydrogens is 763 g/mol. The van der Waals surface area contributed by atoms with Crippen molar-refractivity contribution in [2.45, 2.75) is 32.7 Å². The highest BCUT2D eigenvalue weighted by Crippen LogP contribution is 2.39. The second-order valence-electron chi connectivity index (χ2n) is 9.79. The zero-order chi connectivity index (χ0) is 33.2. The van der Waals surface area contributed by atoms with Gasteiger partial charge in [0.15, 0.2) is 22.0 Å². The Hall–Kier alpha value is -3.69. The van der Waals surface area contributed by atoms with Crippen LogP contribution in [0.4, 0.5) is 17.6 Å². The topological polar surface area (TPSA) is 79.1 Å². The van der Waals surface area contributed by atoms with Gasteiger partial charge < -0.3 is 14.2 Å². The molecule has 1 aliphatic rings. The zero-order valence-electron chi connectivity index (χ0n) is 24.2. The minimum atomic E-state index is -5.02. The number of hydrogen-bond donors (Lipinski definition) is 0. The fourth-order valence-corrected chi connectivity index (χ4v) is 6.67. The van der Waals surface area contributed by atoms with Crippen LogP contribution in [-0.4, -0.2) is 29.9 Å². The molecule has 0 N–H and O–H groups in total. The number of esters is 1. The van der Waals surface area contributed by atoms with Gasteiger partial charge in [-0.2, -0.15) is 13.2 Å². The maximum Gasteiger partial charge on any atom is 0.434 e. The van der Waals surface area contributed by atoms with Gasteiger partial charge in [0.1, 0.15) is 12.4 Å². The van der Waals surface area contributed by atoms with Crippen molar-refractivity contribution in [2.24, 2.45) is 4.99 Å². The Kier molecular flexibility index (Phi) is 10.2. The molecule has 7 nitrogen and oxygen atoms in total. The molecule has 0 unspecified atom stereocenters. The highest BCUT2D eigenvalue weighted by molar-refractivity contribution is 14.1. The van der Waals surface area contributed by atoms with Crippen molar-refractivity contribution in [1.82, 2.24) is 4.57 Å². The summed E-state index contributed by atoms with van der Waals surface area (Å²) in [6.07, 6.45) is -3.51. The number of thiazole rings is 1. The maximum absolute atomic E-state index is 14.4. The first-order chi connectivity index (χ1) is 21.9. The number of halogens is 6. The van der Waals surface area contributed by atoms with Crippen molar-refractivity contribution in [3.05, 3.63) is 123 Å². The molecule has 0 fully saturated rings. The number of alkyl halides is 3. The van der Waals surface area contributed by atoms with E-state index in [1.54, 1.807) is 31.2 Å². The quantitative estimate of drug-likeness (QED) is 0.107. The molecule has 1 aromatic heterocycles. The minimum absolute atomic E-state index is 0.0718. The van der Waals surface area contributed by atoms with Crippen LogP contribution in [0, 0.1) is 9.39 Å². The highest BCUT2D eigenvalue weighted by atomic mass is 127. The van der Waals surface area contributed by atoms with Crippen molar-refractivity contribution < 1.29 is 36.6 Å². The standard InChI is InChI=1S/C32H24ClF4IN2O5S/c1-3-43-23-14-18(13-22(38)27(23)45-16-17-5-11-21(34)12-6-17)15-24-29(41)40-26(19-7-9-20(33)10-8-19)25(30(42)44-4-2)28(32(35,36)37)39-31(40)46-24/h5-15,26H,3-4,16H2,1-2H3/b24-15-/t26-/m0/s1. The van der Waals surface area contributed by atoms with Gasteiger partial charge in [0.2, 0.25) is 0 Å². The van der Waals surface area contributed by atoms with Gasteiger partial charge >= 0.3 is 12.1 Å². The van der Waals surface area contributed by atoms with E-state index in [-0.39, 0.29) is 33.9 Å². The van der Waals surface area contributed by atoms with Gasteiger partial charge in [0.05, 0.1) is 32.9 Å². The van der Waals surface area contributed by atoms with Crippen LogP contribution in [0.1, 0.15) is 36.6 Å². The molecule has 1 atom stereocenters. The molecule has 1 aliphatic heterocycles. The van der Waals surface area contributed by atoms with Crippen LogP contribution >= 0.6 is 45.5 Å². The number of nitrogens with zero attached hydrogens (tertiary/aromatic N) is 2. The van der Waals surface area contributed by atoms with Crippen LogP contribution in [-0.2, 0) is 16.1 Å². The highest BCUT2D eigenvalue weighted by Gasteiger charge is 2.45. The summed E-state index contributed by atoms with van der Waals surface area (Å²) in [6, 6.07) is 13.6. The Morgan fingerprint density at radius 2 is 1.76 bits per heavy atom. The monoisotopic (exact) mass is 786 g/mol. The number of carbonyl (C=O) groups is 1. The summed E-state index contributed by atoms with van der Waals surface area (Å²) in [4.78, 5) is 30.5. The SMILES string of the molecule is CCOC(=O)C1=C(C(F)(F)F)N=c2s/c(=C\c3cc(I)c(OCc4ccc(F)cc4)c(OCC)c3)c(=O)n2[C@H]1c1ccc(Cl)cc1. The first kappa shape index (κ1) is 33.7. The lowest BCUT2D eigenvalue weighted by atomic mass is 9.95. The minimum Gasteiger partial charge on any atom is -0.490 e. The van der Waals surface area contributed by atoms with E-state index in [9.17, 15) is 27.2 Å². The fraction of sp³-hybridized carbons (Fsp3) is 0.219. The second-order valence-corrected chi connectivity index (χ2v) is 12.4. The molecule has 0 bridgehead atoms. The molecule has 0 spiro atoms. The Bertz CT molecular complexity index is 1990. The normalized spacial score (nSPS) is 15.0. The summed E-state index contributed by atoms with van der Waals surface area (Å²) in [5.74, 6) is -0.797. The fourth-order valence-electron chi connectivity index (χ4n) is 4.76. The van der Waals surface area contributed by atoms with Crippen LogP contribution in [0.2, 0.25) is 5.02 Å². The van der Waals surface area contributed by atoms with Crippen molar-refractivity contribution in [2.75, 3.05) is 13.2 Å². The molecular formula is C32H24ClF4IN2O5S. The zero-order valence-corrected chi connectivity index (χ0v) is 27.9. The molecule has 240 valence electrons. The van der Waals surface area contributed by atoms with E-state index in [1.165, 1.54) is 49.4 Å². The van der Waals surface area contributed by atoms with E-state index >= 15 is 0 Å². The average molecular weight is 787 g/mol. The largest absolute Gasteiger partial charge is 0.490 e. The molecule has 4 aromatic rings. The van der Waals surface area contributed by atoms with Crippen molar-refractivity contribution >= 4 is 57.6 Å². The molecule has 0 saturated heterocycles. The van der Waals surface area contributed by atoms with E-state index in [4.69, 9.17) is 25.8 Å². The van der Waals surface area contributed by atoms with E-state index in [2.05, 4.69) is 27.6 Å². The molecule has 0 aliphatic carbocycles. The predicted molar refractivity (Wildman–Crippen MR) is 173 cm³/mol. The first-order valence-corrected chi connectivity index (χ1v) is 16.1. The third-order valence-electron chi connectivity index (χ3n) is 6.71. The van der Waals surface area contributed by atoms with E-state index in [0.717, 1.165) is 21.5 Å². The average Bonchev–Trinajstić information content (AvgIpc) is 3.31. The lowest BCUT2D eigenvalue weighted by Gasteiger charge is -2.26. The third-order valence-corrected chi connectivity index (χ3v) is 8.74. The number of ether oxygens (including phenoxy) is 3. The molecule has 0 radical (unpaired) electrons. The van der Waals surface area contributed by atoms with Gasteiger partial charge in [-0.05, 0) is 95.6 Å². The Balaban J connectivity index is 1.64. The van der Waals surface area contributed by atoms with E-state index in [1.807, 2.05) is 0 Å². The third kappa shape index (κ3) is 7.15. The number of rotatable bonds is 9. The molecule has 5 rings (SSSR count). The number of carbonyl (C=O) groups excluding carboxylic acids is 1. The van der Waals surface area contributed by atoms with Gasteiger partial charge in [0, 0.05) is 5.02 Å². The number of fused-ring (bicyclic) bond motifs is 1. The lowest BCUT2D eigenvalue weighted by molar-refractivity contribution is -0.140. The van der Waals surface area contributed by atoms with Gasteiger partial charge in [-0.25, -0.2) is 14.2 Å². The predicted octanol–water partition coefficient (Wildman–Crippen LogP) is 6.72. The van der Waals surface area contributed by atoms with Gasteiger partial charge in [-0.3, -0.25) is 9.36 Å². The van der Waals surface area contributed by atoms with Gasteiger partial charge in [-0.1, -0.05) is 47.2 Å². The molecule has 0 amide bonds. The molecule has 2 heterocycles. The molecule has 46 heavy (non-hydrogen) atoms. The Morgan fingerprint density at radius 1 is 1.07 bits per heavy atom. The number of allylic oxidation sites excluding steroid dienone is 1. The molecule has 14 heteroatoms. The summed E-state index contributed by atoms with van der Waals surface area (Å²) in [6.45, 7) is 3.51. The van der Waals surface area contributed by atoms with Crippen molar-refractivity contribution in [3.8, 4) is 11.5 Å². The van der Waals surface area contributed by atoms with Crippen molar-refractivity contribution in [1.29, 1.82) is 0 Å². The number of aromatic nitrogens is 1. The van der Waals surface area contributed by atoms with Crippen molar-refractivity contribution in [3.63, 3.8) is 0 Å². The van der Waals surface area contributed by atoms with Gasteiger partial charge in [-0.15, -0.1) is 0 Å². The number of hydrogen-bond acceptors (Lipinski definition) is 7. The van der Waals surface area contributed by atoms with Crippen LogP contribution in [0.15, 0.2) is 81.7 Å². The van der Waals surface area contributed by atoms with E-state index < -0.39 is 35.0 Å². The maximum atomic E-state index is 14.4. The summed E-state index contributed by atoms with van der Waals surface area (Å²) < 4.78 is 75.0. The molecule has 0 saturated carbocycles. The summed E-state index contributed by atoms with van der Waals surface area (Å²) in [5, 5.41) is 0.318. The van der Waals surface area contributed by atoms with Crippen LogP contribution < -0.4 is 24.4 Å². The smallest absolute Gasteiger partial charge is 0.434 e. The summed E-state index contributed by atoms with van der Waals surface area (Å²) in [7, 11) is 0. The lowest BCUT2D eigenvalue weighted by Crippen LogP contribution is -2.41. The summed E-state index contributed by atoms with van der Waals surface area (Å²) in [5.41, 5.74) is -1.43. The second kappa shape index (κ2) is 14.0. The Labute approximate surface area is 282 Å². The summed E-state index contributed by atoms with van der Waals surface area (Å²) >= 11 is 8.84. The number of benzene rings is 3. The van der Waals surface area contributed by atoms with Crippen LogP contribution in [0.3, 0.4) is 0 Å². The molecule has 3 aromatic carbocycles. The van der Waals surface area contributed by atoms with Crippen LogP contribution in [0.5, 0.6) is 11.5 Å². The first-order valence-electron chi connectivity index (χ1n) is 13.8. The van der Waals surface area contributed by atoms with E-state index in [0.29, 0.717) is 32.3 Å². The van der Waals surface area contributed by atoms with Gasteiger partial charge in [0.25, 0.3) is 5.56 Å².